The average Bonchev–Trinajstić information content (AvgIpc) is 2.18. The quantitative estimate of drug-likeness (QED) is 0.677. The third kappa shape index (κ3) is 3.83. The van der Waals surface area contributed by atoms with E-state index in [2.05, 4.69) is 32.2 Å². The summed E-state index contributed by atoms with van der Waals surface area (Å²) in [7, 11) is 0. The molecule has 0 saturated heterocycles. The van der Waals surface area contributed by atoms with Crippen molar-refractivity contribution in [2.45, 2.75) is 58.9 Å². The number of nitrogens with one attached hydrogen (secondary N) is 1. The maximum atomic E-state index is 3.61. The first-order valence-electron chi connectivity index (χ1n) is 6.12. The molecule has 1 nitrogen and oxygen atoms in total. The number of rotatable bonds is 4. The van der Waals surface area contributed by atoms with Crippen molar-refractivity contribution in [3.8, 4) is 0 Å². The minimum Gasteiger partial charge on any atom is -0.311 e. The summed E-state index contributed by atoms with van der Waals surface area (Å²) < 4.78 is 0. The van der Waals surface area contributed by atoms with Crippen LogP contribution in [0.3, 0.4) is 0 Å². The van der Waals surface area contributed by atoms with Gasteiger partial charge in [-0.1, -0.05) is 37.8 Å². The van der Waals surface area contributed by atoms with Crippen molar-refractivity contribution < 1.29 is 0 Å². The third-order valence-corrected chi connectivity index (χ3v) is 3.11. The molecule has 0 aromatic carbocycles. The van der Waals surface area contributed by atoms with Crippen LogP contribution in [0.1, 0.15) is 52.9 Å². The van der Waals surface area contributed by atoms with E-state index in [4.69, 9.17) is 0 Å². The van der Waals surface area contributed by atoms with Crippen molar-refractivity contribution in [3.05, 3.63) is 11.6 Å². The summed E-state index contributed by atoms with van der Waals surface area (Å²) in [5.41, 5.74) is 1.45. The van der Waals surface area contributed by atoms with Crippen LogP contribution in [-0.4, -0.2) is 12.6 Å². The van der Waals surface area contributed by atoms with Crippen LogP contribution in [0.15, 0.2) is 11.6 Å². The zero-order valence-corrected chi connectivity index (χ0v) is 9.97. The third-order valence-electron chi connectivity index (χ3n) is 3.11. The number of likely N-dealkylation sites (N-methyl/N-ethyl adjacent to an activating group) is 1. The Hall–Kier alpha value is -0.300. The summed E-state index contributed by atoms with van der Waals surface area (Å²) in [5, 5.41) is 3.61. The Balaban J connectivity index is 2.51. The maximum Gasteiger partial charge on any atom is 0.0280 e. The van der Waals surface area contributed by atoms with Crippen molar-refractivity contribution >= 4 is 0 Å². The first-order chi connectivity index (χ1) is 6.74. The molecular weight excluding hydrogens is 170 g/mol. The molecule has 1 N–H and O–H groups in total. The van der Waals surface area contributed by atoms with Crippen molar-refractivity contribution in [2.75, 3.05) is 6.54 Å². The highest BCUT2D eigenvalue weighted by Crippen LogP contribution is 2.27. The Kier molecular flexibility index (Phi) is 5.24. The average molecular weight is 195 g/mol. The Morgan fingerprint density at radius 2 is 1.93 bits per heavy atom. The zero-order valence-electron chi connectivity index (χ0n) is 9.97. The van der Waals surface area contributed by atoms with E-state index in [0.717, 1.165) is 12.5 Å². The highest BCUT2D eigenvalue weighted by Gasteiger charge is 2.20. The molecule has 14 heavy (non-hydrogen) atoms. The van der Waals surface area contributed by atoms with Gasteiger partial charge in [-0.3, -0.25) is 0 Å². The van der Waals surface area contributed by atoms with Gasteiger partial charge in [-0.25, -0.2) is 0 Å². The van der Waals surface area contributed by atoms with Gasteiger partial charge in [0.15, 0.2) is 0 Å². The predicted molar refractivity (Wildman–Crippen MR) is 63.5 cm³/mol. The summed E-state index contributed by atoms with van der Waals surface area (Å²) in [6.45, 7) is 7.69. The fraction of sp³-hybridized carbons (Fsp3) is 0.846. The van der Waals surface area contributed by atoms with Crippen LogP contribution in [0.25, 0.3) is 0 Å². The lowest BCUT2D eigenvalue weighted by Crippen LogP contribution is -2.35. The van der Waals surface area contributed by atoms with E-state index in [0.29, 0.717) is 6.04 Å². The molecule has 1 rings (SSSR count). The molecule has 82 valence electrons. The Morgan fingerprint density at radius 3 is 2.43 bits per heavy atom. The summed E-state index contributed by atoms with van der Waals surface area (Å²) in [6.07, 6.45) is 9.57. The lowest BCUT2D eigenvalue weighted by atomic mass is 9.83. The Labute approximate surface area is 89.0 Å². The SMILES string of the molecule is CCNC(C=C(C)C)C1CCCCC1. The number of allylic oxidation sites excluding steroid dienone is 1. The van der Waals surface area contributed by atoms with Crippen molar-refractivity contribution in [1.29, 1.82) is 0 Å². The van der Waals surface area contributed by atoms with E-state index in [1.54, 1.807) is 0 Å². The lowest BCUT2D eigenvalue weighted by molar-refractivity contribution is 0.302. The molecular formula is C13H25N. The van der Waals surface area contributed by atoms with Crippen molar-refractivity contribution in [3.63, 3.8) is 0 Å². The molecule has 1 heteroatoms. The minimum atomic E-state index is 0.630. The van der Waals surface area contributed by atoms with Gasteiger partial charge in [-0.05, 0) is 39.2 Å². The van der Waals surface area contributed by atoms with Crippen molar-refractivity contribution in [2.24, 2.45) is 5.92 Å². The van der Waals surface area contributed by atoms with Crippen LogP contribution in [0.4, 0.5) is 0 Å². The largest absolute Gasteiger partial charge is 0.311 e. The van der Waals surface area contributed by atoms with Gasteiger partial charge >= 0.3 is 0 Å². The van der Waals surface area contributed by atoms with Gasteiger partial charge in [0.1, 0.15) is 0 Å². The molecule has 1 saturated carbocycles. The number of hydrogen-bond donors (Lipinski definition) is 1. The van der Waals surface area contributed by atoms with Crippen LogP contribution >= 0.6 is 0 Å². The highest BCUT2D eigenvalue weighted by molar-refractivity contribution is 5.03. The van der Waals surface area contributed by atoms with Crippen LogP contribution in [0.5, 0.6) is 0 Å². The monoisotopic (exact) mass is 195 g/mol. The van der Waals surface area contributed by atoms with E-state index in [-0.39, 0.29) is 0 Å². The summed E-state index contributed by atoms with van der Waals surface area (Å²) >= 11 is 0. The first-order valence-corrected chi connectivity index (χ1v) is 6.12. The Morgan fingerprint density at radius 1 is 1.29 bits per heavy atom. The smallest absolute Gasteiger partial charge is 0.0280 e. The molecule has 1 aliphatic carbocycles. The van der Waals surface area contributed by atoms with Gasteiger partial charge in [0, 0.05) is 6.04 Å². The summed E-state index contributed by atoms with van der Waals surface area (Å²) in [4.78, 5) is 0. The molecule has 0 aliphatic heterocycles. The van der Waals surface area contributed by atoms with E-state index in [9.17, 15) is 0 Å². The van der Waals surface area contributed by atoms with Gasteiger partial charge in [0.05, 0.1) is 0 Å². The van der Waals surface area contributed by atoms with Gasteiger partial charge in [-0.2, -0.15) is 0 Å². The fourth-order valence-electron chi connectivity index (χ4n) is 2.45. The second-order valence-electron chi connectivity index (χ2n) is 4.73. The zero-order chi connectivity index (χ0) is 10.4. The normalized spacial score (nSPS) is 20.5. The van der Waals surface area contributed by atoms with Gasteiger partial charge < -0.3 is 5.32 Å². The van der Waals surface area contributed by atoms with Crippen LogP contribution in [0, 0.1) is 5.92 Å². The predicted octanol–water partition coefficient (Wildman–Crippen LogP) is 3.51. The summed E-state index contributed by atoms with van der Waals surface area (Å²) in [6, 6.07) is 0.630. The second-order valence-corrected chi connectivity index (χ2v) is 4.73. The molecule has 0 aromatic rings. The molecule has 0 radical (unpaired) electrons. The lowest BCUT2D eigenvalue weighted by Gasteiger charge is -2.29. The van der Waals surface area contributed by atoms with E-state index in [1.807, 2.05) is 0 Å². The molecule has 0 spiro atoms. The molecule has 0 heterocycles. The maximum absolute atomic E-state index is 3.61. The second kappa shape index (κ2) is 6.23. The topological polar surface area (TPSA) is 12.0 Å². The summed E-state index contributed by atoms with van der Waals surface area (Å²) in [5.74, 6) is 0.888. The molecule has 0 aromatic heterocycles. The van der Waals surface area contributed by atoms with Gasteiger partial charge in [0.25, 0.3) is 0 Å². The first kappa shape index (κ1) is 11.8. The van der Waals surface area contributed by atoms with Crippen LogP contribution < -0.4 is 5.32 Å². The van der Waals surface area contributed by atoms with Gasteiger partial charge in [-0.15, -0.1) is 0 Å². The van der Waals surface area contributed by atoms with Crippen molar-refractivity contribution in [1.82, 2.24) is 5.32 Å². The van der Waals surface area contributed by atoms with Crippen LogP contribution in [0.2, 0.25) is 0 Å². The Bertz CT molecular complexity index is 174. The van der Waals surface area contributed by atoms with E-state index < -0.39 is 0 Å². The molecule has 1 atom stereocenters. The van der Waals surface area contributed by atoms with E-state index >= 15 is 0 Å². The molecule has 1 fully saturated rings. The minimum absolute atomic E-state index is 0.630. The molecule has 0 amide bonds. The number of hydrogen-bond acceptors (Lipinski definition) is 1. The van der Waals surface area contributed by atoms with Gasteiger partial charge in [0.2, 0.25) is 0 Å². The molecule has 0 bridgehead atoms. The molecule has 1 unspecified atom stereocenters. The molecule has 1 aliphatic rings. The standard InChI is InChI=1S/C13H25N/c1-4-14-13(10-11(2)3)12-8-6-5-7-9-12/h10,12-14H,4-9H2,1-3H3. The van der Waals surface area contributed by atoms with Crippen LogP contribution in [-0.2, 0) is 0 Å². The fourth-order valence-corrected chi connectivity index (χ4v) is 2.45. The van der Waals surface area contributed by atoms with E-state index in [1.165, 1.54) is 37.7 Å². The highest BCUT2D eigenvalue weighted by atomic mass is 14.9.